The van der Waals surface area contributed by atoms with Crippen LogP contribution in [-0.2, 0) is 38.2 Å². The number of esters is 3. The predicted octanol–water partition coefficient (Wildman–Crippen LogP) is 0.397. The average Bonchev–Trinajstić information content (AvgIpc) is 2.46. The molecule has 0 heterocycles. The second-order valence-electron chi connectivity index (χ2n) is 4.33. The van der Waals surface area contributed by atoms with Crippen molar-refractivity contribution in [3.8, 4) is 0 Å². The van der Waals surface area contributed by atoms with Gasteiger partial charge in [0.2, 0.25) is 12.2 Å². The highest BCUT2D eigenvalue weighted by Crippen LogP contribution is 2.17. The normalized spacial score (nSPS) is 14.1. The molecule has 0 aromatic heterocycles. The van der Waals surface area contributed by atoms with Crippen LogP contribution in [0.2, 0.25) is 0 Å². The van der Waals surface area contributed by atoms with Gasteiger partial charge in [-0.1, -0.05) is 0 Å². The van der Waals surface area contributed by atoms with Crippen molar-refractivity contribution in [2.45, 2.75) is 39.1 Å². The summed E-state index contributed by atoms with van der Waals surface area (Å²) in [6, 6.07) is 0. The maximum atomic E-state index is 11.9. The molecule has 8 nitrogen and oxygen atoms in total. The summed E-state index contributed by atoms with van der Waals surface area (Å²) in [4.78, 5) is 57.4. The molecular weight excluding hydrogens is 355 g/mol. The second-order valence-corrected chi connectivity index (χ2v) is 4.87. The van der Waals surface area contributed by atoms with Crippen LogP contribution in [0, 0.1) is 0 Å². The third-order valence-corrected chi connectivity index (χ3v) is 2.91. The zero-order valence-corrected chi connectivity index (χ0v) is 14.2. The van der Waals surface area contributed by atoms with Gasteiger partial charge in [-0.2, -0.15) is 0 Å². The number of carbonyl (C=O) groups is 5. The molecule has 0 radical (unpaired) electrons. The molecule has 23 heavy (non-hydrogen) atoms. The molecule has 0 spiro atoms. The lowest BCUT2D eigenvalue weighted by Gasteiger charge is -2.29. The maximum Gasteiger partial charge on any atom is 0.303 e. The van der Waals surface area contributed by atoms with Gasteiger partial charge in [-0.05, 0) is 0 Å². The fourth-order valence-electron chi connectivity index (χ4n) is 1.62. The first-order valence-corrected chi connectivity index (χ1v) is 7.39. The van der Waals surface area contributed by atoms with E-state index in [2.05, 4.69) is 0 Å². The van der Waals surface area contributed by atoms with Crippen molar-refractivity contribution in [2.24, 2.45) is 0 Å². The number of hydrogen-bond acceptors (Lipinski definition) is 8. The van der Waals surface area contributed by atoms with Gasteiger partial charge in [0, 0.05) is 20.8 Å². The largest absolute Gasteiger partial charge is 0.454 e. The Bertz CT molecular complexity index is 454. The highest BCUT2D eigenvalue weighted by atomic mass is 35.5. The van der Waals surface area contributed by atoms with Gasteiger partial charge in [0.25, 0.3) is 0 Å². The Labute approximate surface area is 142 Å². The van der Waals surface area contributed by atoms with E-state index in [0.29, 0.717) is 0 Å². The number of ketones is 2. The average molecular weight is 371 g/mol. The van der Waals surface area contributed by atoms with Gasteiger partial charge in [-0.3, -0.25) is 24.0 Å². The van der Waals surface area contributed by atoms with Crippen molar-refractivity contribution in [3.05, 3.63) is 0 Å². The highest BCUT2D eigenvalue weighted by Gasteiger charge is 2.44. The van der Waals surface area contributed by atoms with Crippen LogP contribution in [0.5, 0.6) is 0 Å². The number of ether oxygens (including phenoxy) is 3. The fourth-order valence-corrected chi connectivity index (χ4v) is 1.92. The third kappa shape index (κ3) is 7.43. The monoisotopic (exact) mass is 370 g/mol. The van der Waals surface area contributed by atoms with Crippen LogP contribution in [0.4, 0.5) is 0 Å². The molecule has 130 valence electrons. The number of halogens is 2. The summed E-state index contributed by atoms with van der Waals surface area (Å²) < 4.78 is 14.4. The Balaban J connectivity index is 5.82. The Hall–Kier alpha value is -1.67. The summed E-state index contributed by atoms with van der Waals surface area (Å²) >= 11 is 10.9. The van der Waals surface area contributed by atoms with Gasteiger partial charge in [0.1, 0.15) is 0 Å². The van der Waals surface area contributed by atoms with Gasteiger partial charge in [0.05, 0.1) is 11.8 Å². The molecule has 10 heteroatoms. The quantitative estimate of drug-likeness (QED) is 0.325. The van der Waals surface area contributed by atoms with Crippen molar-refractivity contribution in [3.63, 3.8) is 0 Å². The number of carbonyl (C=O) groups excluding carboxylic acids is 5. The van der Waals surface area contributed by atoms with E-state index < -0.39 is 59.5 Å². The van der Waals surface area contributed by atoms with Gasteiger partial charge in [-0.15, -0.1) is 23.2 Å². The molecule has 0 amide bonds. The smallest absolute Gasteiger partial charge is 0.303 e. The lowest BCUT2D eigenvalue weighted by molar-refractivity contribution is -0.186. The number of alkyl halides is 2. The van der Waals surface area contributed by atoms with Crippen LogP contribution in [0.3, 0.4) is 0 Å². The van der Waals surface area contributed by atoms with E-state index in [1.54, 1.807) is 0 Å². The predicted molar refractivity (Wildman–Crippen MR) is 78.1 cm³/mol. The molecule has 0 saturated carbocycles. The van der Waals surface area contributed by atoms with E-state index in [4.69, 9.17) is 37.4 Å². The Morgan fingerprint density at radius 2 is 1.00 bits per heavy atom. The maximum absolute atomic E-state index is 11.9. The van der Waals surface area contributed by atoms with Gasteiger partial charge < -0.3 is 14.2 Å². The SMILES string of the molecule is CC(=O)OC(C(=O)CCl)C(OC(C)=O)C(OC(C)=O)C(=O)CCl. The standard InChI is InChI=1S/C13H16Cl2O8/c1-6(16)21-11(9(19)4-14)13(23-8(3)18)12(10(20)5-15)22-7(2)17/h11-13H,4-5H2,1-3H3. The summed E-state index contributed by atoms with van der Waals surface area (Å²) in [5.41, 5.74) is 0. The molecule has 0 aliphatic carbocycles. The first-order valence-electron chi connectivity index (χ1n) is 6.33. The van der Waals surface area contributed by atoms with Crippen molar-refractivity contribution >= 4 is 52.7 Å². The molecule has 2 atom stereocenters. The van der Waals surface area contributed by atoms with Crippen LogP contribution >= 0.6 is 23.2 Å². The minimum absolute atomic E-state index is 0.586. The first-order chi connectivity index (χ1) is 10.6. The molecule has 0 aliphatic rings. The Morgan fingerprint density at radius 1 is 0.696 bits per heavy atom. The van der Waals surface area contributed by atoms with E-state index in [-0.39, 0.29) is 0 Å². The Morgan fingerprint density at radius 3 is 1.22 bits per heavy atom. The molecule has 0 N–H and O–H groups in total. The molecule has 0 fully saturated rings. The van der Waals surface area contributed by atoms with Crippen molar-refractivity contribution in [2.75, 3.05) is 11.8 Å². The van der Waals surface area contributed by atoms with Crippen LogP contribution in [-0.4, -0.2) is 59.5 Å². The molecule has 0 bridgehead atoms. The van der Waals surface area contributed by atoms with E-state index in [9.17, 15) is 24.0 Å². The molecule has 0 aliphatic heterocycles. The molecule has 2 unspecified atom stereocenters. The molecule has 0 aromatic carbocycles. The molecule has 0 rings (SSSR count). The summed E-state index contributed by atoms with van der Waals surface area (Å²) in [6.45, 7) is 3.01. The molecule has 0 saturated heterocycles. The van der Waals surface area contributed by atoms with Crippen LogP contribution in [0.1, 0.15) is 20.8 Å². The Kier molecular flexibility index (Phi) is 9.43. The third-order valence-electron chi connectivity index (χ3n) is 2.38. The summed E-state index contributed by atoms with van der Waals surface area (Å²) in [6.07, 6.45) is -5.13. The zero-order chi connectivity index (χ0) is 18.2. The minimum atomic E-state index is -1.72. The van der Waals surface area contributed by atoms with Crippen molar-refractivity contribution in [1.29, 1.82) is 0 Å². The van der Waals surface area contributed by atoms with Crippen molar-refractivity contribution in [1.82, 2.24) is 0 Å². The second kappa shape index (κ2) is 10.2. The van der Waals surface area contributed by atoms with E-state index in [0.717, 1.165) is 20.8 Å². The number of hydrogen-bond donors (Lipinski definition) is 0. The lowest BCUT2D eigenvalue weighted by atomic mass is 10.0. The molecule has 0 aromatic rings. The summed E-state index contributed by atoms with van der Waals surface area (Å²) in [5.74, 6) is -5.51. The van der Waals surface area contributed by atoms with Crippen LogP contribution < -0.4 is 0 Å². The van der Waals surface area contributed by atoms with Gasteiger partial charge in [-0.25, -0.2) is 0 Å². The first kappa shape index (κ1) is 21.3. The molecular formula is C13H16Cl2O8. The number of Topliss-reactive ketones (excluding diaryl/α,β-unsaturated/α-hetero) is 2. The zero-order valence-electron chi connectivity index (χ0n) is 12.7. The van der Waals surface area contributed by atoms with E-state index >= 15 is 0 Å². The van der Waals surface area contributed by atoms with Crippen LogP contribution in [0.25, 0.3) is 0 Å². The highest BCUT2D eigenvalue weighted by molar-refractivity contribution is 6.29. The fraction of sp³-hybridized carbons (Fsp3) is 0.615. The summed E-state index contributed by atoms with van der Waals surface area (Å²) in [7, 11) is 0. The lowest BCUT2D eigenvalue weighted by Crippen LogP contribution is -2.52. The summed E-state index contributed by atoms with van der Waals surface area (Å²) in [5, 5.41) is 0. The van der Waals surface area contributed by atoms with Crippen molar-refractivity contribution < 1.29 is 38.2 Å². The van der Waals surface area contributed by atoms with Crippen LogP contribution in [0.15, 0.2) is 0 Å². The van der Waals surface area contributed by atoms with Gasteiger partial charge in [0.15, 0.2) is 17.7 Å². The van der Waals surface area contributed by atoms with E-state index in [1.807, 2.05) is 0 Å². The van der Waals surface area contributed by atoms with Gasteiger partial charge >= 0.3 is 17.9 Å². The topological polar surface area (TPSA) is 113 Å². The van der Waals surface area contributed by atoms with E-state index in [1.165, 1.54) is 0 Å². The number of rotatable bonds is 9. The minimum Gasteiger partial charge on any atom is -0.454 e.